The van der Waals surface area contributed by atoms with E-state index in [9.17, 15) is 0 Å². The van der Waals surface area contributed by atoms with E-state index in [2.05, 4.69) is 30.6 Å². The maximum absolute atomic E-state index is 6.13. The van der Waals surface area contributed by atoms with Gasteiger partial charge < -0.3 is 10.6 Å². The standard InChI is InChI=1S/C18H10Cl4N6/c19-9-1-5-11(6-2-9)23-15-13-14(26-17(21)27-15)16(28-18(22)25-13)24-12-7-3-10(20)4-8-12/h1-8H,(H,23,26,27)(H,24,25,28). The van der Waals surface area contributed by atoms with E-state index in [1.165, 1.54) is 0 Å². The number of anilines is 4. The molecule has 0 aliphatic rings. The van der Waals surface area contributed by atoms with Crippen LogP contribution >= 0.6 is 46.4 Å². The molecule has 0 spiro atoms. The zero-order chi connectivity index (χ0) is 19.7. The average Bonchev–Trinajstić information content (AvgIpc) is 2.66. The van der Waals surface area contributed by atoms with Gasteiger partial charge in [-0.1, -0.05) is 23.2 Å². The van der Waals surface area contributed by atoms with Gasteiger partial charge in [0.1, 0.15) is 11.0 Å². The van der Waals surface area contributed by atoms with Crippen molar-refractivity contribution in [2.45, 2.75) is 0 Å². The van der Waals surface area contributed by atoms with E-state index in [1.54, 1.807) is 48.5 Å². The van der Waals surface area contributed by atoms with Crippen molar-refractivity contribution in [1.29, 1.82) is 0 Å². The van der Waals surface area contributed by atoms with Gasteiger partial charge in [-0.2, -0.15) is 9.97 Å². The molecule has 4 aromatic rings. The Kier molecular flexibility index (Phi) is 5.37. The van der Waals surface area contributed by atoms with Gasteiger partial charge in [-0.15, -0.1) is 0 Å². The minimum absolute atomic E-state index is 0.0362. The van der Waals surface area contributed by atoms with Gasteiger partial charge in [0.05, 0.1) is 0 Å². The smallest absolute Gasteiger partial charge is 0.225 e. The van der Waals surface area contributed by atoms with Crippen molar-refractivity contribution in [3.05, 3.63) is 69.1 Å². The predicted octanol–water partition coefficient (Wildman–Crippen LogP) is 6.52. The summed E-state index contributed by atoms with van der Waals surface area (Å²) in [5.41, 5.74) is 2.33. The Balaban J connectivity index is 1.80. The van der Waals surface area contributed by atoms with Crippen LogP contribution in [0.15, 0.2) is 48.5 Å². The monoisotopic (exact) mass is 450 g/mol. The number of halogens is 4. The molecule has 10 heteroatoms. The molecule has 0 atom stereocenters. The van der Waals surface area contributed by atoms with Crippen LogP contribution in [-0.4, -0.2) is 19.9 Å². The van der Waals surface area contributed by atoms with Crippen molar-refractivity contribution in [2.24, 2.45) is 0 Å². The summed E-state index contributed by atoms with van der Waals surface area (Å²) in [5.74, 6) is 0.779. The van der Waals surface area contributed by atoms with E-state index in [1.807, 2.05) is 0 Å². The average molecular weight is 452 g/mol. The Hall–Kier alpha value is -2.38. The molecule has 28 heavy (non-hydrogen) atoms. The quantitative estimate of drug-likeness (QED) is 0.344. The molecule has 4 rings (SSSR count). The van der Waals surface area contributed by atoms with E-state index in [-0.39, 0.29) is 10.6 Å². The summed E-state index contributed by atoms with van der Waals surface area (Å²) in [4.78, 5) is 17.0. The molecule has 0 bridgehead atoms. The Morgan fingerprint density at radius 2 is 0.857 bits per heavy atom. The van der Waals surface area contributed by atoms with Gasteiger partial charge in [0.25, 0.3) is 0 Å². The zero-order valence-corrected chi connectivity index (χ0v) is 16.9. The number of nitrogens with zero attached hydrogens (tertiary/aromatic N) is 4. The highest BCUT2D eigenvalue weighted by Gasteiger charge is 2.15. The van der Waals surface area contributed by atoms with Crippen LogP contribution in [-0.2, 0) is 0 Å². The zero-order valence-electron chi connectivity index (χ0n) is 13.9. The topological polar surface area (TPSA) is 75.6 Å². The second-order valence-corrected chi connectivity index (χ2v) is 7.19. The minimum Gasteiger partial charge on any atom is -0.338 e. The molecule has 6 nitrogen and oxygen atoms in total. The lowest BCUT2D eigenvalue weighted by Crippen LogP contribution is -2.03. The number of benzene rings is 2. The van der Waals surface area contributed by atoms with Crippen LogP contribution in [0.2, 0.25) is 20.6 Å². The fourth-order valence-corrected chi connectivity index (χ4v) is 3.07. The number of fused-ring (bicyclic) bond motifs is 1. The first-order chi connectivity index (χ1) is 13.5. The highest BCUT2D eigenvalue weighted by Crippen LogP contribution is 2.30. The number of hydrogen-bond acceptors (Lipinski definition) is 6. The number of aromatic nitrogens is 4. The molecule has 140 valence electrons. The molecule has 2 N–H and O–H groups in total. The van der Waals surface area contributed by atoms with Crippen molar-refractivity contribution in [3.63, 3.8) is 0 Å². The first-order valence-corrected chi connectivity index (χ1v) is 9.45. The summed E-state index contributed by atoms with van der Waals surface area (Å²) in [6.45, 7) is 0. The first-order valence-electron chi connectivity index (χ1n) is 7.94. The number of hydrogen-bond donors (Lipinski definition) is 2. The highest BCUT2D eigenvalue weighted by molar-refractivity contribution is 6.31. The second kappa shape index (κ2) is 7.93. The minimum atomic E-state index is 0.0362. The van der Waals surface area contributed by atoms with Crippen molar-refractivity contribution in [2.75, 3.05) is 10.6 Å². The van der Waals surface area contributed by atoms with Crippen molar-refractivity contribution in [1.82, 2.24) is 19.9 Å². The van der Waals surface area contributed by atoms with Gasteiger partial charge in [0.2, 0.25) is 10.6 Å². The fourth-order valence-electron chi connectivity index (χ4n) is 2.48. The lowest BCUT2D eigenvalue weighted by atomic mass is 10.3. The Bertz CT molecular complexity index is 1060. The molecule has 2 heterocycles. The van der Waals surface area contributed by atoms with Crippen molar-refractivity contribution < 1.29 is 0 Å². The molecule has 0 unspecified atom stereocenters. The third-order valence-corrected chi connectivity index (χ3v) is 4.55. The van der Waals surface area contributed by atoms with Gasteiger partial charge in [-0.25, -0.2) is 9.97 Å². The normalized spacial score (nSPS) is 10.9. The molecule has 0 amide bonds. The Labute approximate surface area is 179 Å². The second-order valence-electron chi connectivity index (χ2n) is 5.64. The molecule has 0 saturated heterocycles. The fraction of sp³-hybridized carbons (Fsp3) is 0. The third-order valence-electron chi connectivity index (χ3n) is 3.70. The summed E-state index contributed by atoms with van der Waals surface area (Å²) in [5, 5.41) is 7.62. The van der Waals surface area contributed by atoms with Crippen LogP contribution < -0.4 is 10.6 Å². The third kappa shape index (κ3) is 4.20. The van der Waals surface area contributed by atoms with Gasteiger partial charge in [0.15, 0.2) is 11.6 Å². The lowest BCUT2D eigenvalue weighted by molar-refractivity contribution is 1.15. The van der Waals surface area contributed by atoms with E-state index in [0.29, 0.717) is 32.7 Å². The van der Waals surface area contributed by atoms with Gasteiger partial charge in [0, 0.05) is 21.4 Å². The molecule has 2 aromatic carbocycles. The summed E-state index contributed by atoms with van der Waals surface area (Å²) in [6, 6.07) is 14.2. The predicted molar refractivity (Wildman–Crippen MR) is 115 cm³/mol. The highest BCUT2D eigenvalue weighted by atomic mass is 35.5. The lowest BCUT2D eigenvalue weighted by Gasteiger charge is -2.12. The van der Waals surface area contributed by atoms with Crippen molar-refractivity contribution >= 4 is 80.4 Å². The van der Waals surface area contributed by atoms with Crippen LogP contribution in [0, 0.1) is 0 Å². The van der Waals surface area contributed by atoms with Crippen LogP contribution in [0.5, 0.6) is 0 Å². The maximum atomic E-state index is 6.13. The van der Waals surface area contributed by atoms with Gasteiger partial charge >= 0.3 is 0 Å². The SMILES string of the molecule is Clc1ccc(Nc2nc(Cl)nc3c(Nc4ccc(Cl)cc4)nc(Cl)nc23)cc1. The van der Waals surface area contributed by atoms with Gasteiger partial charge in [-0.3, -0.25) is 0 Å². The summed E-state index contributed by atoms with van der Waals surface area (Å²) >= 11 is 24.1. The van der Waals surface area contributed by atoms with E-state index in [0.717, 1.165) is 11.4 Å². The number of rotatable bonds is 4. The largest absolute Gasteiger partial charge is 0.338 e. The summed E-state index contributed by atoms with van der Waals surface area (Å²) in [7, 11) is 0. The molecule has 2 aromatic heterocycles. The number of nitrogens with one attached hydrogen (secondary N) is 2. The molecule has 0 aliphatic carbocycles. The molecule has 0 saturated carbocycles. The first kappa shape index (κ1) is 19.0. The Morgan fingerprint density at radius 3 is 1.21 bits per heavy atom. The van der Waals surface area contributed by atoms with Crippen LogP contribution in [0.3, 0.4) is 0 Å². The van der Waals surface area contributed by atoms with Crippen LogP contribution in [0.1, 0.15) is 0 Å². The summed E-state index contributed by atoms with van der Waals surface area (Å²) < 4.78 is 0. The molecule has 0 fully saturated rings. The van der Waals surface area contributed by atoms with Crippen LogP contribution in [0.25, 0.3) is 11.0 Å². The molecular weight excluding hydrogens is 442 g/mol. The maximum Gasteiger partial charge on any atom is 0.225 e. The van der Waals surface area contributed by atoms with Crippen LogP contribution in [0.4, 0.5) is 23.0 Å². The molecular formula is C18H10Cl4N6. The van der Waals surface area contributed by atoms with E-state index in [4.69, 9.17) is 46.4 Å². The Morgan fingerprint density at radius 1 is 0.500 bits per heavy atom. The van der Waals surface area contributed by atoms with Crippen molar-refractivity contribution in [3.8, 4) is 0 Å². The van der Waals surface area contributed by atoms with Gasteiger partial charge in [-0.05, 0) is 71.7 Å². The van der Waals surface area contributed by atoms with E-state index < -0.39 is 0 Å². The summed E-state index contributed by atoms with van der Waals surface area (Å²) in [6.07, 6.45) is 0. The van der Waals surface area contributed by atoms with E-state index >= 15 is 0 Å². The molecule has 0 radical (unpaired) electrons. The molecule has 0 aliphatic heterocycles.